The number of carbonyl (C=O) groups excluding carboxylic acids is 1. The van der Waals surface area contributed by atoms with Crippen LogP contribution in [0.2, 0.25) is 0 Å². The number of fused-ring (bicyclic) bond motifs is 1. The van der Waals surface area contributed by atoms with Crippen LogP contribution < -0.4 is 10.7 Å². The summed E-state index contributed by atoms with van der Waals surface area (Å²) >= 11 is 1.64. The van der Waals surface area contributed by atoms with Crippen molar-refractivity contribution in [2.45, 2.75) is 20.3 Å². The van der Waals surface area contributed by atoms with E-state index in [1.165, 1.54) is 0 Å². The Morgan fingerprint density at radius 3 is 2.68 bits per heavy atom. The average molecular weight is 350 g/mol. The molecule has 0 spiro atoms. The quantitative estimate of drug-likeness (QED) is 0.871. The predicted octanol–water partition coefficient (Wildman–Crippen LogP) is 3.53. The van der Waals surface area contributed by atoms with E-state index in [2.05, 4.69) is 41.8 Å². The SMILES string of the molecule is Cc1cccc(C)c1N=C1NN=C(c2ccc3c(c2)CC(=O)N3)CS1. The van der Waals surface area contributed by atoms with E-state index in [4.69, 9.17) is 4.99 Å². The zero-order valence-electron chi connectivity index (χ0n) is 14.1. The number of nitrogens with zero attached hydrogens (tertiary/aromatic N) is 2. The number of carbonyl (C=O) groups is 1. The fraction of sp³-hybridized carbons (Fsp3) is 0.211. The largest absolute Gasteiger partial charge is 0.326 e. The normalized spacial score (nSPS) is 17.8. The van der Waals surface area contributed by atoms with Crippen molar-refractivity contribution >= 4 is 39.9 Å². The van der Waals surface area contributed by atoms with Crippen LogP contribution in [0.5, 0.6) is 0 Å². The van der Waals surface area contributed by atoms with Crippen molar-refractivity contribution in [3.8, 4) is 0 Å². The van der Waals surface area contributed by atoms with E-state index in [1.54, 1.807) is 11.8 Å². The minimum Gasteiger partial charge on any atom is -0.326 e. The fourth-order valence-corrected chi connectivity index (χ4v) is 3.78. The van der Waals surface area contributed by atoms with Crippen LogP contribution in [-0.4, -0.2) is 22.5 Å². The maximum atomic E-state index is 11.5. The lowest BCUT2D eigenvalue weighted by Gasteiger charge is -2.16. The highest BCUT2D eigenvalue weighted by Gasteiger charge is 2.20. The summed E-state index contributed by atoms with van der Waals surface area (Å²) in [6.07, 6.45) is 0.441. The third kappa shape index (κ3) is 3.17. The van der Waals surface area contributed by atoms with E-state index < -0.39 is 0 Å². The molecule has 4 rings (SSSR count). The molecule has 2 aliphatic rings. The van der Waals surface area contributed by atoms with Gasteiger partial charge in [-0.25, -0.2) is 4.99 Å². The molecule has 2 aliphatic heterocycles. The molecule has 1 amide bonds. The first-order valence-electron chi connectivity index (χ1n) is 8.13. The lowest BCUT2D eigenvalue weighted by atomic mass is 10.1. The van der Waals surface area contributed by atoms with Crippen molar-refractivity contribution in [1.29, 1.82) is 0 Å². The van der Waals surface area contributed by atoms with Crippen LogP contribution in [-0.2, 0) is 11.2 Å². The lowest BCUT2D eigenvalue weighted by molar-refractivity contribution is -0.115. The number of amides is 1. The number of hydrazone groups is 1. The number of nitrogens with one attached hydrogen (secondary N) is 2. The Balaban J connectivity index is 1.56. The van der Waals surface area contributed by atoms with Gasteiger partial charge in [0.25, 0.3) is 0 Å². The van der Waals surface area contributed by atoms with E-state index in [-0.39, 0.29) is 5.91 Å². The van der Waals surface area contributed by atoms with E-state index >= 15 is 0 Å². The molecule has 2 aromatic rings. The van der Waals surface area contributed by atoms with Gasteiger partial charge in [0.05, 0.1) is 17.8 Å². The molecule has 2 N–H and O–H groups in total. The molecule has 0 saturated heterocycles. The van der Waals surface area contributed by atoms with Crippen molar-refractivity contribution in [2.75, 3.05) is 11.1 Å². The number of hydrogen-bond acceptors (Lipinski definition) is 4. The van der Waals surface area contributed by atoms with Gasteiger partial charge in [0, 0.05) is 11.4 Å². The number of amidine groups is 1. The molecular formula is C19H18N4OS. The summed E-state index contributed by atoms with van der Waals surface area (Å²) in [6.45, 7) is 4.13. The number of thioether (sulfide) groups is 1. The number of para-hydroxylation sites is 1. The molecule has 0 saturated carbocycles. The number of aryl methyl sites for hydroxylation is 2. The van der Waals surface area contributed by atoms with Crippen LogP contribution in [0.4, 0.5) is 11.4 Å². The van der Waals surface area contributed by atoms with Gasteiger partial charge in [-0.2, -0.15) is 5.10 Å². The van der Waals surface area contributed by atoms with Crippen LogP contribution in [0.1, 0.15) is 22.3 Å². The molecule has 6 heteroatoms. The summed E-state index contributed by atoms with van der Waals surface area (Å²) in [7, 11) is 0. The third-order valence-electron chi connectivity index (χ3n) is 4.35. The lowest BCUT2D eigenvalue weighted by Crippen LogP contribution is -2.25. The second-order valence-electron chi connectivity index (χ2n) is 6.21. The zero-order chi connectivity index (χ0) is 17.4. The first-order chi connectivity index (χ1) is 12.1. The van der Waals surface area contributed by atoms with Crippen molar-refractivity contribution in [2.24, 2.45) is 10.1 Å². The zero-order valence-corrected chi connectivity index (χ0v) is 14.9. The van der Waals surface area contributed by atoms with Crippen LogP contribution in [0.15, 0.2) is 46.5 Å². The molecule has 2 aromatic carbocycles. The summed E-state index contributed by atoms with van der Waals surface area (Å²) in [5.41, 5.74) is 10.3. The maximum absolute atomic E-state index is 11.5. The van der Waals surface area contributed by atoms with Gasteiger partial charge < -0.3 is 5.32 Å². The highest BCUT2D eigenvalue weighted by molar-refractivity contribution is 8.14. The highest BCUT2D eigenvalue weighted by atomic mass is 32.2. The second-order valence-corrected chi connectivity index (χ2v) is 7.18. The van der Waals surface area contributed by atoms with Gasteiger partial charge in [-0.15, -0.1) is 0 Å². The number of hydrogen-bond donors (Lipinski definition) is 2. The Morgan fingerprint density at radius 2 is 1.96 bits per heavy atom. The minimum atomic E-state index is 0.0493. The molecule has 0 fully saturated rings. The molecule has 25 heavy (non-hydrogen) atoms. The minimum absolute atomic E-state index is 0.0493. The first kappa shape index (κ1) is 15.9. The Kier molecular flexibility index (Phi) is 4.05. The van der Waals surface area contributed by atoms with Gasteiger partial charge in [0.2, 0.25) is 5.91 Å². The molecule has 0 atom stereocenters. The highest BCUT2D eigenvalue weighted by Crippen LogP contribution is 2.27. The second kappa shape index (κ2) is 6.37. The van der Waals surface area contributed by atoms with Crippen molar-refractivity contribution in [3.05, 3.63) is 58.7 Å². The van der Waals surface area contributed by atoms with Gasteiger partial charge in [-0.3, -0.25) is 10.2 Å². The molecule has 0 radical (unpaired) electrons. The summed E-state index contributed by atoms with van der Waals surface area (Å²) in [4.78, 5) is 16.2. The van der Waals surface area contributed by atoms with E-state index in [0.717, 1.165) is 50.3 Å². The molecule has 0 aliphatic carbocycles. The predicted molar refractivity (Wildman–Crippen MR) is 104 cm³/mol. The monoisotopic (exact) mass is 350 g/mol. The van der Waals surface area contributed by atoms with Crippen LogP contribution in [0, 0.1) is 13.8 Å². The van der Waals surface area contributed by atoms with Gasteiger partial charge >= 0.3 is 0 Å². The van der Waals surface area contributed by atoms with Crippen molar-refractivity contribution in [1.82, 2.24) is 5.43 Å². The van der Waals surface area contributed by atoms with Crippen LogP contribution in [0.3, 0.4) is 0 Å². The van der Waals surface area contributed by atoms with Crippen LogP contribution in [0.25, 0.3) is 0 Å². The van der Waals surface area contributed by atoms with Crippen LogP contribution >= 0.6 is 11.8 Å². The molecule has 5 nitrogen and oxygen atoms in total. The molecule has 0 unspecified atom stereocenters. The van der Waals surface area contributed by atoms with E-state index in [0.29, 0.717) is 6.42 Å². The number of aliphatic imine (C=N–C) groups is 1. The Morgan fingerprint density at radius 1 is 1.16 bits per heavy atom. The van der Waals surface area contributed by atoms with E-state index in [9.17, 15) is 4.79 Å². The van der Waals surface area contributed by atoms with Gasteiger partial charge in [-0.1, -0.05) is 36.0 Å². The van der Waals surface area contributed by atoms with Gasteiger partial charge in [0.15, 0.2) is 5.17 Å². The first-order valence-corrected chi connectivity index (χ1v) is 9.12. The number of anilines is 1. The fourth-order valence-electron chi connectivity index (χ4n) is 3.01. The Hall–Kier alpha value is -2.60. The topological polar surface area (TPSA) is 65.8 Å². The number of benzene rings is 2. The van der Waals surface area contributed by atoms with Crippen molar-refractivity contribution < 1.29 is 4.79 Å². The Labute approximate surface area is 150 Å². The van der Waals surface area contributed by atoms with Gasteiger partial charge in [0.1, 0.15) is 0 Å². The molecule has 126 valence electrons. The molecule has 0 bridgehead atoms. The summed E-state index contributed by atoms with van der Waals surface area (Å²) in [5.74, 6) is 0.796. The molecular weight excluding hydrogens is 332 g/mol. The van der Waals surface area contributed by atoms with Crippen molar-refractivity contribution in [3.63, 3.8) is 0 Å². The number of rotatable bonds is 2. The summed E-state index contributed by atoms with van der Waals surface area (Å²) in [5, 5.41) is 8.15. The maximum Gasteiger partial charge on any atom is 0.228 e. The smallest absolute Gasteiger partial charge is 0.228 e. The van der Waals surface area contributed by atoms with Gasteiger partial charge in [-0.05, 0) is 48.2 Å². The standard InChI is InChI=1S/C19H18N4OS/c1-11-4-3-5-12(2)18(11)21-19-23-22-16(10-25-19)13-6-7-15-14(8-13)9-17(24)20-15/h3-8H,9-10H2,1-2H3,(H,20,24)(H,21,23). The Bertz CT molecular complexity index is 913. The summed E-state index contributed by atoms with van der Waals surface area (Å²) in [6, 6.07) is 12.2. The molecule has 0 aromatic heterocycles. The third-order valence-corrected chi connectivity index (χ3v) is 5.22. The van der Waals surface area contributed by atoms with E-state index in [1.807, 2.05) is 24.3 Å². The average Bonchev–Trinajstić information content (AvgIpc) is 2.98. The molecule has 2 heterocycles. The summed E-state index contributed by atoms with van der Waals surface area (Å²) < 4.78 is 0.